The second kappa shape index (κ2) is 3.00. The third-order valence-corrected chi connectivity index (χ3v) is 3.93. The van der Waals surface area contributed by atoms with E-state index >= 15 is 0 Å². The average molecular weight is 227 g/mol. The highest BCUT2D eigenvalue weighted by atomic mass is 19.4. The van der Waals surface area contributed by atoms with E-state index in [9.17, 15) is 13.2 Å². The Balaban J connectivity index is 2.20. The number of nitrogens with two attached hydrogens (primary N) is 1. The van der Waals surface area contributed by atoms with Crippen molar-refractivity contribution in [2.75, 3.05) is 0 Å². The van der Waals surface area contributed by atoms with Gasteiger partial charge in [-0.25, -0.2) is 0 Å². The largest absolute Gasteiger partial charge is 0.416 e. The van der Waals surface area contributed by atoms with Crippen molar-refractivity contribution in [1.29, 1.82) is 0 Å². The molecule has 0 aliphatic heterocycles. The van der Waals surface area contributed by atoms with E-state index in [0.717, 1.165) is 18.4 Å². The summed E-state index contributed by atoms with van der Waals surface area (Å²) in [6.07, 6.45) is -2.53. The Kier molecular flexibility index (Phi) is 1.90. The van der Waals surface area contributed by atoms with Gasteiger partial charge in [-0.1, -0.05) is 12.1 Å². The van der Waals surface area contributed by atoms with Gasteiger partial charge in [0.05, 0.1) is 5.56 Å². The Hall–Kier alpha value is -1.03. The summed E-state index contributed by atoms with van der Waals surface area (Å²) in [5.74, 6) is 0.0557. The molecule has 4 heteroatoms. The van der Waals surface area contributed by atoms with Crippen LogP contribution in [0.25, 0.3) is 0 Å². The molecule has 3 rings (SSSR count). The zero-order valence-corrected chi connectivity index (χ0v) is 8.59. The van der Waals surface area contributed by atoms with E-state index in [1.807, 2.05) is 0 Å². The Morgan fingerprint density at radius 1 is 1.12 bits per heavy atom. The highest BCUT2D eigenvalue weighted by Crippen LogP contribution is 2.55. The van der Waals surface area contributed by atoms with Crippen molar-refractivity contribution in [3.63, 3.8) is 0 Å². The second-order valence-electron chi connectivity index (χ2n) is 4.67. The number of benzene rings is 1. The lowest BCUT2D eigenvalue weighted by Crippen LogP contribution is -2.23. The minimum Gasteiger partial charge on any atom is -0.327 e. The zero-order chi connectivity index (χ0) is 11.5. The average Bonchev–Trinajstić information content (AvgIpc) is 2.71. The molecule has 1 fully saturated rings. The van der Waals surface area contributed by atoms with Gasteiger partial charge in [0.25, 0.3) is 0 Å². The van der Waals surface area contributed by atoms with E-state index in [1.165, 1.54) is 12.1 Å². The second-order valence-corrected chi connectivity index (χ2v) is 4.67. The maximum absolute atomic E-state index is 12.9. The van der Waals surface area contributed by atoms with Gasteiger partial charge in [-0.3, -0.25) is 0 Å². The Bertz CT molecular complexity index is 438. The van der Waals surface area contributed by atoms with Crippen LogP contribution < -0.4 is 5.73 Å². The molecule has 1 saturated carbocycles. The number of hydrogen-bond acceptors (Lipinski definition) is 1. The van der Waals surface area contributed by atoms with E-state index in [0.29, 0.717) is 5.56 Å². The highest BCUT2D eigenvalue weighted by molar-refractivity contribution is 5.49. The Labute approximate surface area is 91.4 Å². The third-order valence-electron chi connectivity index (χ3n) is 3.93. The van der Waals surface area contributed by atoms with Crippen molar-refractivity contribution in [3.8, 4) is 0 Å². The van der Waals surface area contributed by atoms with Gasteiger partial charge in [-0.15, -0.1) is 0 Å². The van der Waals surface area contributed by atoms with Crippen LogP contribution in [0.2, 0.25) is 0 Å². The predicted octanol–water partition coefficient (Wildman–Crippen LogP) is 3.01. The summed E-state index contributed by atoms with van der Waals surface area (Å²) in [5, 5.41) is 0. The quantitative estimate of drug-likeness (QED) is 0.724. The summed E-state index contributed by atoms with van der Waals surface area (Å²) in [6, 6.07) is 4.36. The molecule has 1 nitrogen and oxygen atoms in total. The molecule has 16 heavy (non-hydrogen) atoms. The number of fused-ring (bicyclic) bond motifs is 5. The zero-order valence-electron chi connectivity index (χ0n) is 8.59. The molecular weight excluding hydrogens is 215 g/mol. The van der Waals surface area contributed by atoms with Crippen LogP contribution in [0.3, 0.4) is 0 Å². The molecule has 0 saturated heterocycles. The minimum atomic E-state index is -4.25. The van der Waals surface area contributed by atoms with Gasteiger partial charge in [0, 0.05) is 12.0 Å². The van der Waals surface area contributed by atoms with Crippen molar-refractivity contribution >= 4 is 0 Å². The normalized spacial score (nSPS) is 31.9. The minimum absolute atomic E-state index is 0.0853. The SMILES string of the molecule is NC1[C@@H]2CC[C@H]1c1cccc(C(F)(F)F)c12. The lowest BCUT2D eigenvalue weighted by Gasteiger charge is -2.19. The van der Waals surface area contributed by atoms with Crippen LogP contribution in [-0.4, -0.2) is 6.04 Å². The van der Waals surface area contributed by atoms with Crippen LogP contribution in [0.1, 0.15) is 41.4 Å². The molecule has 1 unspecified atom stereocenters. The van der Waals surface area contributed by atoms with Gasteiger partial charge >= 0.3 is 6.18 Å². The number of rotatable bonds is 0. The molecule has 2 N–H and O–H groups in total. The lowest BCUT2D eigenvalue weighted by molar-refractivity contribution is -0.138. The fourth-order valence-electron chi connectivity index (χ4n) is 3.29. The van der Waals surface area contributed by atoms with E-state index in [1.54, 1.807) is 6.07 Å². The lowest BCUT2D eigenvalue weighted by atomic mass is 9.88. The Morgan fingerprint density at radius 2 is 1.81 bits per heavy atom. The topological polar surface area (TPSA) is 26.0 Å². The van der Waals surface area contributed by atoms with Crippen LogP contribution in [-0.2, 0) is 6.18 Å². The fourth-order valence-corrected chi connectivity index (χ4v) is 3.29. The number of hydrogen-bond donors (Lipinski definition) is 1. The summed E-state index contributed by atoms with van der Waals surface area (Å²) in [5.41, 5.74) is 6.80. The first kappa shape index (κ1) is 10.1. The summed E-state index contributed by atoms with van der Waals surface area (Å²) in [6.45, 7) is 0. The predicted molar refractivity (Wildman–Crippen MR) is 54.1 cm³/mol. The van der Waals surface area contributed by atoms with Crippen molar-refractivity contribution < 1.29 is 13.2 Å². The third kappa shape index (κ3) is 1.16. The van der Waals surface area contributed by atoms with Crippen molar-refractivity contribution in [1.82, 2.24) is 0 Å². The molecule has 0 amide bonds. The van der Waals surface area contributed by atoms with E-state index < -0.39 is 11.7 Å². The van der Waals surface area contributed by atoms with E-state index in [-0.39, 0.29) is 17.9 Å². The molecule has 1 aromatic rings. The van der Waals surface area contributed by atoms with Gasteiger partial charge in [0.15, 0.2) is 0 Å². The van der Waals surface area contributed by atoms with Crippen molar-refractivity contribution in [2.24, 2.45) is 5.73 Å². The standard InChI is InChI=1S/C12H12F3N/c13-12(14,15)9-3-1-2-6-7-4-5-8(10(6)9)11(7)16/h1-3,7-8,11H,4-5,16H2/t7-,8+,11?/m0/s1. The first-order valence-electron chi connectivity index (χ1n) is 5.45. The first-order chi connectivity index (χ1) is 7.50. The highest BCUT2D eigenvalue weighted by Gasteiger charge is 2.48. The van der Waals surface area contributed by atoms with Crippen LogP contribution in [0.4, 0.5) is 13.2 Å². The molecule has 0 radical (unpaired) electrons. The van der Waals surface area contributed by atoms with Gasteiger partial charge in [-0.2, -0.15) is 13.2 Å². The van der Waals surface area contributed by atoms with Crippen molar-refractivity contribution in [2.45, 2.75) is 36.9 Å². The Morgan fingerprint density at radius 3 is 2.50 bits per heavy atom. The molecule has 1 aromatic carbocycles. The summed E-state index contributed by atoms with van der Waals surface area (Å²) in [7, 11) is 0. The molecule has 2 bridgehead atoms. The monoisotopic (exact) mass is 227 g/mol. The van der Waals surface area contributed by atoms with Crippen LogP contribution in [0.15, 0.2) is 18.2 Å². The van der Waals surface area contributed by atoms with Gasteiger partial charge in [-0.05, 0) is 36.0 Å². The van der Waals surface area contributed by atoms with Gasteiger partial charge < -0.3 is 5.73 Å². The van der Waals surface area contributed by atoms with Crippen molar-refractivity contribution in [3.05, 3.63) is 34.9 Å². The molecule has 0 spiro atoms. The molecule has 3 atom stereocenters. The maximum atomic E-state index is 12.9. The molecular formula is C12H12F3N. The maximum Gasteiger partial charge on any atom is 0.416 e. The molecule has 0 heterocycles. The molecule has 2 aliphatic carbocycles. The summed E-state index contributed by atoms with van der Waals surface area (Å²) in [4.78, 5) is 0. The fraction of sp³-hybridized carbons (Fsp3) is 0.500. The van der Waals surface area contributed by atoms with Crippen LogP contribution in [0, 0.1) is 0 Å². The van der Waals surface area contributed by atoms with Gasteiger partial charge in [0.1, 0.15) is 0 Å². The smallest absolute Gasteiger partial charge is 0.327 e. The molecule has 0 aromatic heterocycles. The first-order valence-corrected chi connectivity index (χ1v) is 5.45. The summed E-state index contributed by atoms with van der Waals surface area (Å²) < 4.78 is 38.6. The summed E-state index contributed by atoms with van der Waals surface area (Å²) >= 11 is 0. The molecule has 2 aliphatic rings. The number of halogens is 3. The van der Waals surface area contributed by atoms with E-state index in [2.05, 4.69) is 0 Å². The van der Waals surface area contributed by atoms with Crippen LogP contribution >= 0.6 is 0 Å². The number of alkyl halides is 3. The van der Waals surface area contributed by atoms with Gasteiger partial charge in [0.2, 0.25) is 0 Å². The van der Waals surface area contributed by atoms with E-state index in [4.69, 9.17) is 5.73 Å². The molecule has 86 valence electrons. The van der Waals surface area contributed by atoms with Crippen LogP contribution in [0.5, 0.6) is 0 Å².